The number of hydrogen-bond acceptors (Lipinski definition) is 5. The number of carbonyl (C=O) groups is 1. The van der Waals surface area contributed by atoms with Crippen molar-refractivity contribution in [2.75, 3.05) is 6.61 Å². The number of carbonyl (C=O) groups excluding carboxylic acids is 1. The molecule has 1 aliphatic rings. The third-order valence-electron chi connectivity index (χ3n) is 4.74. The van der Waals surface area contributed by atoms with Gasteiger partial charge in [-0.15, -0.1) is 0 Å². The summed E-state index contributed by atoms with van der Waals surface area (Å²) in [5.74, 6) is 1.37. The number of para-hydroxylation sites is 1. The number of hydrogen-bond donors (Lipinski definition) is 0. The van der Waals surface area contributed by atoms with E-state index in [1.165, 1.54) is 0 Å². The Morgan fingerprint density at radius 2 is 1.82 bits per heavy atom. The molecule has 0 aliphatic carbocycles. The molecule has 0 bridgehead atoms. The molecule has 3 aromatic rings. The van der Waals surface area contributed by atoms with Crippen molar-refractivity contribution in [2.45, 2.75) is 32.7 Å². The first-order valence-electron chi connectivity index (χ1n) is 9.53. The van der Waals surface area contributed by atoms with Gasteiger partial charge in [-0.25, -0.2) is 4.79 Å². The monoisotopic (exact) mass is 377 g/mol. The third kappa shape index (κ3) is 3.80. The smallest absolute Gasteiger partial charge is 0.340 e. The number of benzene rings is 2. The van der Waals surface area contributed by atoms with Crippen LogP contribution in [0, 0.1) is 0 Å². The fourth-order valence-corrected chi connectivity index (χ4v) is 3.43. The minimum Gasteiger partial charge on any atom is -0.493 e. The van der Waals surface area contributed by atoms with E-state index in [-0.39, 0.29) is 5.97 Å². The van der Waals surface area contributed by atoms with Crippen LogP contribution in [0.3, 0.4) is 0 Å². The van der Waals surface area contributed by atoms with Crippen molar-refractivity contribution in [3.63, 3.8) is 0 Å². The first kappa shape index (κ1) is 18.3. The number of cyclic esters (lactones) is 1. The Bertz CT molecular complexity index is 935. The first-order chi connectivity index (χ1) is 13.8. The summed E-state index contributed by atoms with van der Waals surface area (Å²) in [5.41, 5.74) is 2.54. The highest BCUT2D eigenvalue weighted by atomic mass is 16.6. The second-order valence-corrected chi connectivity index (χ2v) is 6.79. The lowest BCUT2D eigenvalue weighted by Crippen LogP contribution is -2.28. The molecule has 1 aromatic heterocycles. The Labute approximate surface area is 164 Å². The largest absolute Gasteiger partial charge is 0.493 e. The summed E-state index contributed by atoms with van der Waals surface area (Å²) in [7, 11) is 0. The molecule has 5 heteroatoms. The molecule has 0 fully saturated rings. The van der Waals surface area contributed by atoms with Gasteiger partial charge in [0.2, 0.25) is 0 Å². The summed E-state index contributed by atoms with van der Waals surface area (Å²) in [6.07, 6.45) is 2.13. The van der Waals surface area contributed by atoms with Crippen LogP contribution in [0.25, 0.3) is 0 Å². The van der Waals surface area contributed by atoms with E-state index in [1.54, 1.807) is 12.3 Å². The van der Waals surface area contributed by atoms with Gasteiger partial charge in [-0.05, 0) is 30.7 Å². The van der Waals surface area contributed by atoms with E-state index in [4.69, 9.17) is 13.9 Å². The maximum atomic E-state index is 12.3. The van der Waals surface area contributed by atoms with Crippen LogP contribution >= 0.6 is 0 Å². The van der Waals surface area contributed by atoms with Gasteiger partial charge in [-0.2, -0.15) is 0 Å². The van der Waals surface area contributed by atoms with E-state index in [0.29, 0.717) is 25.3 Å². The van der Waals surface area contributed by atoms with Crippen LogP contribution in [-0.2, 0) is 17.8 Å². The molecule has 0 amide bonds. The Balaban J connectivity index is 1.65. The highest BCUT2D eigenvalue weighted by molar-refractivity contribution is 5.93. The molecule has 4 rings (SSSR count). The van der Waals surface area contributed by atoms with Crippen LogP contribution in [0.4, 0.5) is 0 Å². The SMILES string of the molecule is CCCOc1ccccc1CN(Cc1ccco1)C1OC(=O)c2ccccc21. The van der Waals surface area contributed by atoms with E-state index < -0.39 is 6.23 Å². The predicted octanol–water partition coefficient (Wildman–Crippen LogP) is 4.94. The van der Waals surface area contributed by atoms with Crippen molar-refractivity contribution in [3.8, 4) is 5.75 Å². The topological polar surface area (TPSA) is 51.9 Å². The lowest BCUT2D eigenvalue weighted by atomic mass is 10.1. The minimum atomic E-state index is -0.465. The molecule has 1 aliphatic heterocycles. The van der Waals surface area contributed by atoms with Crippen molar-refractivity contribution < 1.29 is 18.7 Å². The van der Waals surface area contributed by atoms with E-state index in [2.05, 4.69) is 11.8 Å². The molecule has 144 valence electrons. The second-order valence-electron chi connectivity index (χ2n) is 6.79. The predicted molar refractivity (Wildman–Crippen MR) is 105 cm³/mol. The van der Waals surface area contributed by atoms with Crippen molar-refractivity contribution in [2.24, 2.45) is 0 Å². The standard InChI is InChI=1S/C23H23NO4/c1-2-13-27-21-12-6-3-8-17(21)15-24(16-18-9-7-14-26-18)22-19-10-4-5-11-20(19)23(25)28-22/h3-12,14,22H,2,13,15-16H2,1H3. The van der Waals surface area contributed by atoms with E-state index in [9.17, 15) is 4.79 Å². The number of nitrogens with zero attached hydrogens (tertiary/aromatic N) is 1. The molecule has 2 heterocycles. The van der Waals surface area contributed by atoms with Gasteiger partial charge in [-0.1, -0.05) is 43.3 Å². The molecule has 28 heavy (non-hydrogen) atoms. The van der Waals surface area contributed by atoms with Crippen LogP contribution in [0.1, 0.15) is 46.8 Å². The Morgan fingerprint density at radius 1 is 1.00 bits per heavy atom. The van der Waals surface area contributed by atoms with Crippen molar-refractivity contribution in [1.82, 2.24) is 4.90 Å². The molecule has 0 radical (unpaired) electrons. The zero-order valence-corrected chi connectivity index (χ0v) is 15.8. The summed E-state index contributed by atoms with van der Waals surface area (Å²) in [6.45, 7) is 3.82. The van der Waals surface area contributed by atoms with E-state index >= 15 is 0 Å². The second kappa shape index (κ2) is 8.31. The molecule has 5 nitrogen and oxygen atoms in total. The van der Waals surface area contributed by atoms with Gasteiger partial charge in [0.15, 0.2) is 6.23 Å². The van der Waals surface area contributed by atoms with Crippen LogP contribution < -0.4 is 4.74 Å². The maximum absolute atomic E-state index is 12.3. The Kier molecular flexibility index (Phi) is 5.44. The lowest BCUT2D eigenvalue weighted by Gasteiger charge is -2.28. The van der Waals surface area contributed by atoms with E-state index in [0.717, 1.165) is 29.1 Å². The summed E-state index contributed by atoms with van der Waals surface area (Å²) in [4.78, 5) is 14.4. The molecule has 0 spiro atoms. The molecule has 0 saturated carbocycles. The molecule has 2 aromatic carbocycles. The van der Waals surface area contributed by atoms with Gasteiger partial charge >= 0.3 is 5.97 Å². The zero-order chi connectivity index (χ0) is 19.3. The fraction of sp³-hybridized carbons (Fsp3) is 0.261. The van der Waals surface area contributed by atoms with E-state index in [1.807, 2.05) is 54.6 Å². The van der Waals surface area contributed by atoms with Gasteiger partial charge in [0.25, 0.3) is 0 Å². The summed E-state index contributed by atoms with van der Waals surface area (Å²) in [6, 6.07) is 19.3. The van der Waals surface area contributed by atoms with Crippen molar-refractivity contribution in [1.29, 1.82) is 0 Å². The minimum absolute atomic E-state index is 0.291. The summed E-state index contributed by atoms with van der Waals surface area (Å²) < 4.78 is 17.2. The quantitative estimate of drug-likeness (QED) is 0.521. The van der Waals surface area contributed by atoms with Gasteiger partial charge < -0.3 is 13.9 Å². The Morgan fingerprint density at radius 3 is 2.64 bits per heavy atom. The lowest BCUT2D eigenvalue weighted by molar-refractivity contribution is -0.0337. The van der Waals surface area contributed by atoms with Gasteiger partial charge in [0.1, 0.15) is 11.5 Å². The highest BCUT2D eigenvalue weighted by Gasteiger charge is 2.35. The van der Waals surface area contributed by atoms with Crippen LogP contribution in [0.5, 0.6) is 5.75 Å². The molecule has 0 saturated heterocycles. The summed E-state index contributed by atoms with van der Waals surface area (Å²) >= 11 is 0. The number of fused-ring (bicyclic) bond motifs is 1. The molecule has 0 N–H and O–H groups in total. The number of esters is 1. The van der Waals surface area contributed by atoms with Crippen LogP contribution in [0.2, 0.25) is 0 Å². The zero-order valence-electron chi connectivity index (χ0n) is 15.8. The van der Waals surface area contributed by atoms with Crippen molar-refractivity contribution >= 4 is 5.97 Å². The maximum Gasteiger partial charge on any atom is 0.340 e. The van der Waals surface area contributed by atoms with Crippen LogP contribution in [-0.4, -0.2) is 17.5 Å². The third-order valence-corrected chi connectivity index (χ3v) is 4.74. The van der Waals surface area contributed by atoms with Crippen LogP contribution in [0.15, 0.2) is 71.3 Å². The highest BCUT2D eigenvalue weighted by Crippen LogP contribution is 2.36. The van der Waals surface area contributed by atoms with Gasteiger partial charge in [0, 0.05) is 17.7 Å². The van der Waals surface area contributed by atoms with Crippen molar-refractivity contribution in [3.05, 3.63) is 89.4 Å². The molecular formula is C23H23NO4. The Hall–Kier alpha value is -3.05. The fourth-order valence-electron chi connectivity index (χ4n) is 3.43. The number of rotatable bonds is 8. The average molecular weight is 377 g/mol. The molecule has 1 unspecified atom stereocenters. The normalized spacial score (nSPS) is 15.5. The first-order valence-corrected chi connectivity index (χ1v) is 9.53. The molecule has 1 atom stereocenters. The van der Waals surface area contributed by atoms with Gasteiger partial charge in [0.05, 0.1) is 25.0 Å². The van der Waals surface area contributed by atoms with Gasteiger partial charge in [-0.3, -0.25) is 4.90 Å². The summed E-state index contributed by atoms with van der Waals surface area (Å²) in [5, 5.41) is 0. The number of ether oxygens (including phenoxy) is 2. The average Bonchev–Trinajstić information content (AvgIpc) is 3.35. The number of furan rings is 1. The molecular weight excluding hydrogens is 354 g/mol.